The Morgan fingerprint density at radius 2 is 1.76 bits per heavy atom. The van der Waals surface area contributed by atoms with Crippen molar-refractivity contribution in [3.05, 3.63) is 64.2 Å². The number of nitrogens with zero attached hydrogens (tertiary/aromatic N) is 1. The molecule has 146 valence electrons. The molecule has 2 aromatic carbocycles. The molecule has 0 spiro atoms. The monoisotopic (exact) mass is 411 g/mol. The van der Waals surface area contributed by atoms with E-state index >= 15 is 0 Å². The van der Waals surface area contributed by atoms with Crippen LogP contribution in [0.25, 0.3) is 0 Å². The molecule has 1 saturated heterocycles. The van der Waals surface area contributed by atoms with Crippen LogP contribution in [0.1, 0.15) is 43.9 Å². The molecule has 1 atom stereocenters. The molecule has 0 bridgehead atoms. The molecule has 2 aliphatic heterocycles. The second kappa shape index (κ2) is 7.14. The molecular formula is C20H14ClN3O5. The van der Waals surface area contributed by atoms with Crippen LogP contribution in [0, 0.1) is 0 Å². The van der Waals surface area contributed by atoms with E-state index in [4.69, 9.17) is 11.6 Å². The van der Waals surface area contributed by atoms with Gasteiger partial charge in [0, 0.05) is 17.0 Å². The summed E-state index contributed by atoms with van der Waals surface area (Å²) in [5.41, 5.74) is 0.597. The second-order valence-corrected chi connectivity index (χ2v) is 7.07. The second-order valence-electron chi connectivity index (χ2n) is 6.64. The Balaban J connectivity index is 1.64. The number of hydrogen-bond donors (Lipinski definition) is 2. The van der Waals surface area contributed by atoms with Gasteiger partial charge in [-0.3, -0.25) is 34.2 Å². The highest BCUT2D eigenvalue weighted by Crippen LogP contribution is 2.32. The lowest BCUT2D eigenvalue weighted by molar-refractivity contribution is -0.136. The first-order valence-corrected chi connectivity index (χ1v) is 9.16. The van der Waals surface area contributed by atoms with Gasteiger partial charge in [0.15, 0.2) is 0 Å². The van der Waals surface area contributed by atoms with Gasteiger partial charge in [-0.1, -0.05) is 17.7 Å². The molecule has 29 heavy (non-hydrogen) atoms. The third-order valence-corrected chi connectivity index (χ3v) is 5.07. The van der Waals surface area contributed by atoms with Gasteiger partial charge in [-0.25, -0.2) is 0 Å². The minimum atomic E-state index is -1.07. The number of imide groups is 2. The highest BCUT2D eigenvalue weighted by molar-refractivity contribution is 6.30. The normalized spacial score (nSPS) is 18.5. The van der Waals surface area contributed by atoms with Gasteiger partial charge in [0.25, 0.3) is 17.7 Å². The molecule has 2 heterocycles. The van der Waals surface area contributed by atoms with Crippen molar-refractivity contribution in [2.75, 3.05) is 5.32 Å². The number of amides is 5. The Morgan fingerprint density at radius 3 is 2.45 bits per heavy atom. The van der Waals surface area contributed by atoms with Gasteiger partial charge in [-0.15, -0.1) is 0 Å². The zero-order valence-corrected chi connectivity index (χ0v) is 15.7. The summed E-state index contributed by atoms with van der Waals surface area (Å²) in [6.07, 6.45) is 0.0899. The summed E-state index contributed by atoms with van der Waals surface area (Å²) in [4.78, 5) is 62.7. The maximum Gasteiger partial charge on any atom is 0.264 e. The third-order valence-electron chi connectivity index (χ3n) is 4.82. The fourth-order valence-corrected chi connectivity index (χ4v) is 3.54. The molecule has 1 unspecified atom stereocenters. The summed E-state index contributed by atoms with van der Waals surface area (Å²) >= 11 is 5.83. The van der Waals surface area contributed by atoms with E-state index in [1.807, 2.05) is 0 Å². The molecule has 2 N–H and O–H groups in total. The van der Waals surface area contributed by atoms with Crippen molar-refractivity contribution in [1.82, 2.24) is 10.2 Å². The highest BCUT2D eigenvalue weighted by atomic mass is 35.5. The summed E-state index contributed by atoms with van der Waals surface area (Å²) in [6, 6.07) is 9.62. The number of halogens is 1. The van der Waals surface area contributed by atoms with Gasteiger partial charge in [0.2, 0.25) is 11.8 Å². The number of rotatable bonds is 3. The number of piperidine rings is 1. The van der Waals surface area contributed by atoms with E-state index in [9.17, 15) is 24.0 Å². The number of benzene rings is 2. The van der Waals surface area contributed by atoms with Crippen molar-refractivity contribution in [3.8, 4) is 0 Å². The number of carbonyl (C=O) groups excluding carboxylic acids is 5. The molecular weight excluding hydrogens is 398 g/mol. The minimum absolute atomic E-state index is 0.0181. The van der Waals surface area contributed by atoms with Crippen LogP contribution in [0.2, 0.25) is 5.02 Å². The fourth-order valence-electron chi connectivity index (χ4n) is 3.41. The summed E-state index contributed by atoms with van der Waals surface area (Å²) in [5.74, 6) is -2.94. The van der Waals surface area contributed by atoms with Crippen LogP contribution in [0.5, 0.6) is 0 Å². The fraction of sp³-hybridized carbons (Fsp3) is 0.150. The largest absolute Gasteiger partial charge is 0.321 e. The van der Waals surface area contributed by atoms with E-state index in [-0.39, 0.29) is 29.7 Å². The lowest BCUT2D eigenvalue weighted by atomic mass is 10.0. The Bertz CT molecular complexity index is 1080. The van der Waals surface area contributed by atoms with Gasteiger partial charge in [-0.2, -0.15) is 0 Å². The van der Waals surface area contributed by atoms with E-state index in [0.29, 0.717) is 10.6 Å². The van der Waals surface area contributed by atoms with E-state index in [1.54, 1.807) is 12.1 Å². The maximum absolute atomic E-state index is 13.0. The highest BCUT2D eigenvalue weighted by Gasteiger charge is 2.45. The molecule has 4 rings (SSSR count). The molecule has 1 fully saturated rings. The Morgan fingerprint density at radius 1 is 1.03 bits per heavy atom. The van der Waals surface area contributed by atoms with Crippen LogP contribution in [-0.2, 0) is 9.59 Å². The van der Waals surface area contributed by atoms with Crippen LogP contribution in [0.15, 0.2) is 42.5 Å². The number of anilines is 1. The predicted molar refractivity (Wildman–Crippen MR) is 103 cm³/mol. The molecule has 0 aliphatic carbocycles. The first kappa shape index (κ1) is 18.8. The van der Waals surface area contributed by atoms with Crippen LogP contribution in [-0.4, -0.2) is 40.5 Å². The first-order valence-electron chi connectivity index (χ1n) is 8.78. The Hall–Kier alpha value is -3.52. The quantitative estimate of drug-likeness (QED) is 0.750. The summed E-state index contributed by atoms with van der Waals surface area (Å²) in [5, 5.41) is 5.25. The lowest BCUT2D eigenvalue weighted by Gasteiger charge is -2.27. The average molecular weight is 412 g/mol. The zero-order valence-electron chi connectivity index (χ0n) is 14.9. The van der Waals surface area contributed by atoms with Crippen molar-refractivity contribution >= 4 is 46.8 Å². The summed E-state index contributed by atoms with van der Waals surface area (Å²) in [6.45, 7) is 0. The number of fused-ring (bicyclic) bond motifs is 1. The molecule has 5 amide bonds. The molecule has 2 aromatic rings. The summed E-state index contributed by atoms with van der Waals surface area (Å²) in [7, 11) is 0. The maximum atomic E-state index is 13.0. The molecule has 2 aliphatic rings. The first-order chi connectivity index (χ1) is 13.9. The van der Waals surface area contributed by atoms with Crippen LogP contribution in [0.4, 0.5) is 5.69 Å². The van der Waals surface area contributed by atoms with E-state index in [2.05, 4.69) is 10.6 Å². The van der Waals surface area contributed by atoms with E-state index in [0.717, 1.165) is 4.90 Å². The third kappa shape index (κ3) is 3.27. The van der Waals surface area contributed by atoms with Crippen molar-refractivity contribution in [1.29, 1.82) is 0 Å². The minimum Gasteiger partial charge on any atom is -0.321 e. The number of hydrogen-bond acceptors (Lipinski definition) is 5. The van der Waals surface area contributed by atoms with E-state index in [1.165, 1.54) is 30.3 Å². The lowest BCUT2D eigenvalue weighted by Crippen LogP contribution is -2.54. The van der Waals surface area contributed by atoms with Gasteiger partial charge in [0.05, 0.1) is 16.8 Å². The van der Waals surface area contributed by atoms with Crippen molar-refractivity contribution in [2.45, 2.75) is 18.9 Å². The Kier molecular flexibility index (Phi) is 4.63. The topological polar surface area (TPSA) is 113 Å². The SMILES string of the molecule is O=C1CCC(N2C(=O)c3cccc(NC(=O)c4ccc(Cl)cc4)c3C2=O)C(=O)N1. The van der Waals surface area contributed by atoms with Crippen molar-refractivity contribution in [3.63, 3.8) is 0 Å². The van der Waals surface area contributed by atoms with Crippen LogP contribution < -0.4 is 10.6 Å². The number of nitrogens with one attached hydrogen (secondary N) is 2. The molecule has 0 saturated carbocycles. The predicted octanol–water partition coefficient (Wildman–Crippen LogP) is 1.99. The van der Waals surface area contributed by atoms with Crippen molar-refractivity contribution < 1.29 is 24.0 Å². The molecule has 9 heteroatoms. The zero-order chi connectivity index (χ0) is 20.7. The summed E-state index contributed by atoms with van der Waals surface area (Å²) < 4.78 is 0. The van der Waals surface area contributed by atoms with Gasteiger partial charge >= 0.3 is 0 Å². The molecule has 8 nitrogen and oxygen atoms in total. The van der Waals surface area contributed by atoms with Crippen LogP contribution in [0.3, 0.4) is 0 Å². The van der Waals surface area contributed by atoms with Gasteiger partial charge in [0.1, 0.15) is 6.04 Å². The number of carbonyl (C=O) groups is 5. The smallest absolute Gasteiger partial charge is 0.264 e. The molecule has 0 radical (unpaired) electrons. The van der Waals surface area contributed by atoms with Gasteiger partial charge < -0.3 is 5.32 Å². The van der Waals surface area contributed by atoms with Crippen molar-refractivity contribution in [2.24, 2.45) is 0 Å². The standard InChI is InChI=1S/C20H14ClN3O5/c21-11-6-4-10(5-7-11)17(26)22-13-3-1-2-12-16(13)20(29)24(19(12)28)14-8-9-15(25)23-18(14)27/h1-7,14H,8-9H2,(H,22,26)(H,23,25,27). The Labute approximate surface area is 169 Å². The van der Waals surface area contributed by atoms with E-state index < -0.39 is 35.6 Å². The average Bonchev–Trinajstić information content (AvgIpc) is 2.94. The van der Waals surface area contributed by atoms with Gasteiger partial charge in [-0.05, 0) is 42.8 Å². The van der Waals surface area contributed by atoms with Crippen LogP contribution >= 0.6 is 11.6 Å². The molecule has 0 aromatic heterocycles.